The Balaban J connectivity index is 1.88. The molecule has 1 saturated heterocycles. The summed E-state index contributed by atoms with van der Waals surface area (Å²) in [6.45, 7) is 3.76. The third kappa shape index (κ3) is 2.95. The second kappa shape index (κ2) is 5.77. The number of nitrogens with one attached hydrogen (secondary N) is 1. The van der Waals surface area contributed by atoms with Gasteiger partial charge in [0.15, 0.2) is 6.20 Å². The van der Waals surface area contributed by atoms with E-state index in [9.17, 15) is 10.1 Å². The first kappa shape index (κ1) is 12.8. The van der Waals surface area contributed by atoms with E-state index >= 15 is 0 Å². The standard InChI is InChI=1S/C12H17N3O3/c1-2-11-9(5-6-18-11)7-13-10-3-4-12(14-8-10)15(16)17/h3-4,8-9,11,13H,2,5-7H2,1H3. The van der Waals surface area contributed by atoms with E-state index in [1.165, 1.54) is 12.3 Å². The molecule has 2 heterocycles. The maximum absolute atomic E-state index is 10.5. The van der Waals surface area contributed by atoms with Crippen molar-refractivity contribution in [1.29, 1.82) is 0 Å². The first-order valence-corrected chi connectivity index (χ1v) is 6.16. The third-order valence-corrected chi connectivity index (χ3v) is 3.25. The zero-order valence-corrected chi connectivity index (χ0v) is 10.3. The van der Waals surface area contributed by atoms with Crippen LogP contribution in [0.3, 0.4) is 0 Å². The normalized spacial score (nSPS) is 22.9. The summed E-state index contributed by atoms with van der Waals surface area (Å²) >= 11 is 0. The summed E-state index contributed by atoms with van der Waals surface area (Å²) in [5.41, 5.74) is 0.808. The zero-order chi connectivity index (χ0) is 13.0. The maximum Gasteiger partial charge on any atom is 0.363 e. The molecule has 0 spiro atoms. The average Bonchev–Trinajstić information content (AvgIpc) is 2.84. The first-order valence-electron chi connectivity index (χ1n) is 6.16. The molecule has 1 aliphatic rings. The van der Waals surface area contributed by atoms with Gasteiger partial charge in [-0.1, -0.05) is 6.92 Å². The number of anilines is 1. The van der Waals surface area contributed by atoms with Crippen LogP contribution >= 0.6 is 0 Å². The number of nitro groups is 1. The lowest BCUT2D eigenvalue weighted by Crippen LogP contribution is -2.22. The highest BCUT2D eigenvalue weighted by atomic mass is 16.6. The van der Waals surface area contributed by atoms with E-state index < -0.39 is 4.92 Å². The molecule has 1 aromatic rings. The molecular formula is C12H17N3O3. The van der Waals surface area contributed by atoms with Crippen molar-refractivity contribution in [3.05, 3.63) is 28.4 Å². The Bertz CT molecular complexity index is 408. The summed E-state index contributed by atoms with van der Waals surface area (Å²) in [7, 11) is 0. The molecular weight excluding hydrogens is 234 g/mol. The third-order valence-electron chi connectivity index (χ3n) is 3.25. The highest BCUT2D eigenvalue weighted by molar-refractivity contribution is 5.43. The zero-order valence-electron chi connectivity index (χ0n) is 10.3. The number of hydrogen-bond donors (Lipinski definition) is 1. The fraction of sp³-hybridized carbons (Fsp3) is 0.583. The van der Waals surface area contributed by atoms with Crippen LogP contribution in [0.4, 0.5) is 11.5 Å². The van der Waals surface area contributed by atoms with Gasteiger partial charge in [-0.3, -0.25) is 0 Å². The fourth-order valence-corrected chi connectivity index (χ4v) is 2.23. The first-order chi connectivity index (χ1) is 8.70. The van der Waals surface area contributed by atoms with Crippen molar-refractivity contribution < 1.29 is 9.66 Å². The van der Waals surface area contributed by atoms with E-state index in [1.54, 1.807) is 6.07 Å². The van der Waals surface area contributed by atoms with E-state index in [0.29, 0.717) is 12.0 Å². The van der Waals surface area contributed by atoms with Crippen LogP contribution in [0.25, 0.3) is 0 Å². The summed E-state index contributed by atoms with van der Waals surface area (Å²) in [5, 5.41) is 13.7. The molecule has 6 heteroatoms. The molecule has 0 radical (unpaired) electrons. The van der Waals surface area contributed by atoms with Crippen molar-refractivity contribution in [3.63, 3.8) is 0 Å². The van der Waals surface area contributed by atoms with Gasteiger partial charge in [-0.2, -0.15) is 0 Å². The van der Waals surface area contributed by atoms with Crippen molar-refractivity contribution in [2.45, 2.75) is 25.9 Å². The quantitative estimate of drug-likeness (QED) is 0.641. The minimum atomic E-state index is -0.498. The summed E-state index contributed by atoms with van der Waals surface area (Å²) < 4.78 is 5.61. The Morgan fingerprint density at radius 2 is 2.44 bits per heavy atom. The van der Waals surface area contributed by atoms with Gasteiger partial charge in [-0.05, 0) is 28.8 Å². The molecule has 2 rings (SSSR count). The fourth-order valence-electron chi connectivity index (χ4n) is 2.23. The predicted octanol–water partition coefficient (Wildman–Crippen LogP) is 2.22. The van der Waals surface area contributed by atoms with Crippen LogP contribution in [0.2, 0.25) is 0 Å². The predicted molar refractivity (Wildman–Crippen MR) is 67.5 cm³/mol. The Labute approximate surface area is 106 Å². The topological polar surface area (TPSA) is 77.3 Å². The summed E-state index contributed by atoms with van der Waals surface area (Å²) in [6, 6.07) is 3.09. The van der Waals surface area contributed by atoms with Gasteiger partial charge in [0.2, 0.25) is 0 Å². The Morgan fingerprint density at radius 1 is 1.61 bits per heavy atom. The van der Waals surface area contributed by atoms with Gasteiger partial charge >= 0.3 is 5.82 Å². The van der Waals surface area contributed by atoms with Gasteiger partial charge in [0.1, 0.15) is 0 Å². The van der Waals surface area contributed by atoms with E-state index in [4.69, 9.17) is 4.74 Å². The molecule has 1 aromatic heterocycles. The number of hydrogen-bond acceptors (Lipinski definition) is 5. The Hall–Kier alpha value is -1.69. The lowest BCUT2D eigenvalue weighted by molar-refractivity contribution is -0.389. The molecule has 1 fully saturated rings. The second-order valence-electron chi connectivity index (χ2n) is 4.41. The molecule has 0 bridgehead atoms. The number of aromatic nitrogens is 1. The minimum Gasteiger partial charge on any atom is -0.382 e. The van der Waals surface area contributed by atoms with Crippen molar-refractivity contribution in [1.82, 2.24) is 4.98 Å². The van der Waals surface area contributed by atoms with Gasteiger partial charge < -0.3 is 20.2 Å². The van der Waals surface area contributed by atoms with Crippen LogP contribution in [-0.4, -0.2) is 29.2 Å². The van der Waals surface area contributed by atoms with E-state index in [0.717, 1.165) is 31.7 Å². The van der Waals surface area contributed by atoms with Gasteiger partial charge in [-0.15, -0.1) is 0 Å². The van der Waals surface area contributed by atoms with Crippen LogP contribution in [0.1, 0.15) is 19.8 Å². The largest absolute Gasteiger partial charge is 0.382 e. The van der Waals surface area contributed by atoms with Crippen LogP contribution in [-0.2, 0) is 4.74 Å². The number of rotatable bonds is 5. The Morgan fingerprint density at radius 3 is 3.06 bits per heavy atom. The highest BCUT2D eigenvalue weighted by Gasteiger charge is 2.26. The molecule has 98 valence electrons. The van der Waals surface area contributed by atoms with Crippen molar-refractivity contribution in [2.75, 3.05) is 18.5 Å². The van der Waals surface area contributed by atoms with Gasteiger partial charge in [0, 0.05) is 25.1 Å². The second-order valence-corrected chi connectivity index (χ2v) is 4.41. The summed E-state index contributed by atoms with van der Waals surface area (Å²) in [5.74, 6) is 0.376. The Kier molecular flexibility index (Phi) is 4.09. The van der Waals surface area contributed by atoms with E-state index in [-0.39, 0.29) is 5.82 Å². The lowest BCUT2D eigenvalue weighted by Gasteiger charge is -2.17. The molecule has 18 heavy (non-hydrogen) atoms. The SMILES string of the molecule is CCC1OCCC1CNc1ccc([N+](=O)[O-])nc1. The molecule has 1 N–H and O–H groups in total. The molecule has 2 unspecified atom stereocenters. The van der Waals surface area contributed by atoms with Crippen LogP contribution < -0.4 is 5.32 Å². The van der Waals surface area contributed by atoms with Gasteiger partial charge in [0.25, 0.3) is 0 Å². The summed E-state index contributed by atoms with van der Waals surface area (Å²) in [6.07, 6.45) is 3.90. The number of nitrogens with zero attached hydrogens (tertiary/aromatic N) is 2. The summed E-state index contributed by atoms with van der Waals surface area (Å²) in [4.78, 5) is 13.7. The van der Waals surface area contributed by atoms with Crippen LogP contribution in [0.15, 0.2) is 18.3 Å². The highest BCUT2D eigenvalue weighted by Crippen LogP contribution is 2.23. The lowest BCUT2D eigenvalue weighted by atomic mass is 10.00. The van der Waals surface area contributed by atoms with Gasteiger partial charge in [-0.25, -0.2) is 0 Å². The van der Waals surface area contributed by atoms with Crippen molar-refractivity contribution >= 4 is 11.5 Å². The van der Waals surface area contributed by atoms with E-state index in [2.05, 4.69) is 17.2 Å². The molecule has 0 amide bonds. The van der Waals surface area contributed by atoms with E-state index in [1.807, 2.05) is 0 Å². The van der Waals surface area contributed by atoms with Crippen LogP contribution in [0, 0.1) is 16.0 Å². The average molecular weight is 251 g/mol. The smallest absolute Gasteiger partial charge is 0.363 e. The maximum atomic E-state index is 10.5. The minimum absolute atomic E-state index is 0.129. The molecule has 0 saturated carbocycles. The monoisotopic (exact) mass is 251 g/mol. The van der Waals surface area contributed by atoms with Gasteiger partial charge in [0.05, 0.1) is 11.8 Å². The van der Waals surface area contributed by atoms with Crippen LogP contribution in [0.5, 0.6) is 0 Å². The molecule has 1 aliphatic heterocycles. The molecule has 6 nitrogen and oxygen atoms in total. The molecule has 0 aliphatic carbocycles. The molecule has 2 atom stereocenters. The molecule has 0 aromatic carbocycles. The van der Waals surface area contributed by atoms with Crippen molar-refractivity contribution in [3.8, 4) is 0 Å². The number of ether oxygens (including phenoxy) is 1. The number of pyridine rings is 1. The van der Waals surface area contributed by atoms with Crippen molar-refractivity contribution in [2.24, 2.45) is 5.92 Å².